The molecular weight excluding hydrogens is 328 g/mol. The summed E-state index contributed by atoms with van der Waals surface area (Å²) in [6, 6.07) is 8.94. The maximum Gasteiger partial charge on any atom is 0.508 e. The van der Waals surface area contributed by atoms with Crippen LogP contribution in [0.15, 0.2) is 30.3 Å². The van der Waals surface area contributed by atoms with Crippen molar-refractivity contribution in [2.45, 2.75) is 26.7 Å². The van der Waals surface area contributed by atoms with Crippen molar-refractivity contribution in [2.24, 2.45) is 0 Å². The minimum atomic E-state index is -0.623. The lowest BCUT2D eigenvalue weighted by atomic mass is 10.1. The average Bonchev–Trinajstić information content (AvgIpc) is 2.56. The molecule has 0 aliphatic carbocycles. The predicted molar refractivity (Wildman–Crippen MR) is 88.7 cm³/mol. The Morgan fingerprint density at radius 2 is 1.68 bits per heavy atom. The molecule has 2 rings (SSSR count). The first-order valence-electron chi connectivity index (χ1n) is 7.95. The van der Waals surface area contributed by atoms with Gasteiger partial charge in [0.25, 0.3) is 0 Å². The molecule has 1 aromatic carbocycles. The molecule has 8 heteroatoms. The van der Waals surface area contributed by atoms with E-state index in [9.17, 15) is 19.2 Å². The Kier molecular flexibility index (Phi) is 8.70. The summed E-state index contributed by atoms with van der Waals surface area (Å²) in [5, 5.41) is 2.12. The highest BCUT2D eigenvalue weighted by Gasteiger charge is 2.30. The molecule has 1 heterocycles. The van der Waals surface area contributed by atoms with Gasteiger partial charge in [-0.05, 0) is 25.8 Å². The third-order valence-electron chi connectivity index (χ3n) is 3.10. The molecule has 0 radical (unpaired) electrons. The van der Waals surface area contributed by atoms with Gasteiger partial charge in [-0.3, -0.25) is 19.8 Å². The zero-order valence-corrected chi connectivity index (χ0v) is 14.3. The quantitative estimate of drug-likeness (QED) is 0.642. The van der Waals surface area contributed by atoms with E-state index >= 15 is 0 Å². The van der Waals surface area contributed by atoms with E-state index in [0.29, 0.717) is 26.2 Å². The topological polar surface area (TPSA) is 102 Å². The van der Waals surface area contributed by atoms with Gasteiger partial charge in [-0.15, -0.1) is 0 Å². The summed E-state index contributed by atoms with van der Waals surface area (Å²) in [6.45, 7) is 4.51. The van der Waals surface area contributed by atoms with Crippen LogP contribution in [-0.2, 0) is 25.5 Å². The number of nitrogens with one attached hydrogen (secondary N) is 1. The molecule has 1 saturated heterocycles. The fourth-order valence-corrected chi connectivity index (χ4v) is 1.97. The molecule has 1 aliphatic rings. The van der Waals surface area contributed by atoms with Gasteiger partial charge in [0.1, 0.15) is 6.42 Å². The fourth-order valence-electron chi connectivity index (χ4n) is 1.97. The Labute approximate surface area is 146 Å². The molecule has 1 fully saturated rings. The molecule has 0 saturated carbocycles. The Bertz CT molecular complexity index is 574. The van der Waals surface area contributed by atoms with Gasteiger partial charge in [0.2, 0.25) is 11.8 Å². The van der Waals surface area contributed by atoms with Crippen LogP contribution in [0.5, 0.6) is 0 Å². The Morgan fingerprint density at radius 1 is 1.08 bits per heavy atom. The highest BCUT2D eigenvalue weighted by molar-refractivity contribution is 6.14. The monoisotopic (exact) mass is 350 g/mol. The number of carbonyl (C=O) groups is 4. The van der Waals surface area contributed by atoms with E-state index in [1.165, 1.54) is 0 Å². The summed E-state index contributed by atoms with van der Waals surface area (Å²) >= 11 is 0. The molecule has 4 amide bonds. The summed E-state index contributed by atoms with van der Waals surface area (Å²) < 4.78 is 8.84. The van der Waals surface area contributed by atoms with Crippen molar-refractivity contribution in [2.75, 3.05) is 19.8 Å². The zero-order valence-electron chi connectivity index (χ0n) is 14.3. The predicted octanol–water partition coefficient (Wildman–Crippen LogP) is 1.88. The van der Waals surface area contributed by atoms with E-state index in [0.717, 1.165) is 10.5 Å². The van der Waals surface area contributed by atoms with E-state index in [4.69, 9.17) is 0 Å². The number of imide groups is 2. The van der Waals surface area contributed by atoms with E-state index in [2.05, 4.69) is 14.8 Å². The number of carbonyl (C=O) groups excluding carboxylic acids is 4. The molecule has 0 aromatic heterocycles. The third kappa shape index (κ3) is 7.47. The minimum Gasteiger partial charge on any atom is -0.435 e. The van der Waals surface area contributed by atoms with Crippen molar-refractivity contribution in [3.63, 3.8) is 0 Å². The second-order valence-corrected chi connectivity index (χ2v) is 4.93. The van der Waals surface area contributed by atoms with Crippen LogP contribution in [0.1, 0.15) is 25.8 Å². The van der Waals surface area contributed by atoms with Gasteiger partial charge in [-0.25, -0.2) is 9.59 Å². The minimum absolute atomic E-state index is 0.249. The average molecular weight is 350 g/mol. The summed E-state index contributed by atoms with van der Waals surface area (Å²) in [7, 11) is 0. The molecule has 136 valence electrons. The van der Waals surface area contributed by atoms with Crippen molar-refractivity contribution >= 4 is 24.0 Å². The molecule has 0 bridgehead atoms. The Morgan fingerprint density at radius 3 is 2.20 bits per heavy atom. The number of rotatable bonds is 5. The number of amides is 4. The van der Waals surface area contributed by atoms with Crippen molar-refractivity contribution in [1.82, 2.24) is 10.2 Å². The summed E-state index contributed by atoms with van der Waals surface area (Å²) in [5.41, 5.74) is 1.05. The van der Waals surface area contributed by atoms with E-state index in [-0.39, 0.29) is 6.42 Å². The lowest BCUT2D eigenvalue weighted by Gasteiger charge is -2.24. The standard InChI is InChI=1S/C12H12N2O3.C5H10O3/c15-10-8-11(16)14(12(17)13-10)7-6-9-4-2-1-3-5-9;1-3-7-5(6)8-4-2/h1-5H,6-8H2,(H,13,15,17);3-4H2,1-2H3. The fraction of sp³-hybridized carbons (Fsp3) is 0.412. The van der Waals surface area contributed by atoms with Crippen LogP contribution in [0.3, 0.4) is 0 Å². The van der Waals surface area contributed by atoms with Gasteiger partial charge in [0.05, 0.1) is 13.2 Å². The normalized spacial score (nSPS) is 13.5. The number of hydrogen-bond acceptors (Lipinski definition) is 6. The molecule has 1 aliphatic heterocycles. The summed E-state index contributed by atoms with van der Waals surface area (Å²) in [4.78, 5) is 45.1. The molecular formula is C17H22N2O6. The number of ether oxygens (including phenoxy) is 2. The lowest BCUT2D eigenvalue weighted by molar-refractivity contribution is -0.136. The van der Waals surface area contributed by atoms with E-state index in [1.807, 2.05) is 30.3 Å². The number of urea groups is 1. The summed E-state index contributed by atoms with van der Waals surface area (Å²) in [5.74, 6) is -0.967. The highest BCUT2D eigenvalue weighted by atomic mass is 16.7. The first-order valence-corrected chi connectivity index (χ1v) is 7.95. The van der Waals surface area contributed by atoms with E-state index < -0.39 is 24.0 Å². The Hall–Kier alpha value is -2.90. The van der Waals surface area contributed by atoms with Gasteiger partial charge in [0.15, 0.2) is 0 Å². The SMILES string of the molecule is CCOC(=O)OCC.O=C1CC(=O)N(CCc2ccccc2)C(=O)N1. The second kappa shape index (κ2) is 10.8. The van der Waals surface area contributed by atoms with E-state index in [1.54, 1.807) is 13.8 Å². The van der Waals surface area contributed by atoms with Crippen LogP contribution in [0.2, 0.25) is 0 Å². The Balaban J connectivity index is 0.000000333. The van der Waals surface area contributed by atoms with Crippen molar-refractivity contribution in [1.29, 1.82) is 0 Å². The van der Waals surface area contributed by atoms with Gasteiger partial charge < -0.3 is 9.47 Å². The first kappa shape index (κ1) is 20.1. The molecule has 1 N–H and O–H groups in total. The number of hydrogen-bond donors (Lipinski definition) is 1. The largest absolute Gasteiger partial charge is 0.508 e. The number of barbiturate groups is 1. The number of nitrogens with zero attached hydrogens (tertiary/aromatic N) is 1. The maximum absolute atomic E-state index is 11.5. The first-order chi connectivity index (χ1) is 12.0. The second-order valence-electron chi connectivity index (χ2n) is 4.93. The van der Waals surface area contributed by atoms with Crippen LogP contribution < -0.4 is 5.32 Å². The molecule has 8 nitrogen and oxygen atoms in total. The van der Waals surface area contributed by atoms with Crippen molar-refractivity contribution in [3.05, 3.63) is 35.9 Å². The number of benzene rings is 1. The van der Waals surface area contributed by atoms with Crippen LogP contribution >= 0.6 is 0 Å². The van der Waals surface area contributed by atoms with Gasteiger partial charge >= 0.3 is 12.2 Å². The molecule has 1 aromatic rings. The molecule has 0 spiro atoms. The van der Waals surface area contributed by atoms with Crippen molar-refractivity contribution < 1.29 is 28.7 Å². The van der Waals surface area contributed by atoms with Crippen LogP contribution in [0.4, 0.5) is 9.59 Å². The van der Waals surface area contributed by atoms with Crippen LogP contribution in [-0.4, -0.2) is 48.7 Å². The molecule has 0 unspecified atom stereocenters. The van der Waals surface area contributed by atoms with Crippen LogP contribution in [0.25, 0.3) is 0 Å². The van der Waals surface area contributed by atoms with Gasteiger partial charge in [-0.2, -0.15) is 0 Å². The smallest absolute Gasteiger partial charge is 0.435 e. The molecule has 25 heavy (non-hydrogen) atoms. The van der Waals surface area contributed by atoms with Crippen LogP contribution in [0, 0.1) is 0 Å². The lowest BCUT2D eigenvalue weighted by Crippen LogP contribution is -2.53. The highest BCUT2D eigenvalue weighted by Crippen LogP contribution is 2.06. The van der Waals surface area contributed by atoms with Gasteiger partial charge in [-0.1, -0.05) is 30.3 Å². The third-order valence-corrected chi connectivity index (χ3v) is 3.10. The molecule has 0 atom stereocenters. The van der Waals surface area contributed by atoms with Crippen molar-refractivity contribution in [3.8, 4) is 0 Å². The summed E-state index contributed by atoms with van der Waals surface area (Å²) in [6.07, 6.45) is -0.246. The van der Waals surface area contributed by atoms with Gasteiger partial charge in [0, 0.05) is 6.54 Å². The zero-order chi connectivity index (χ0) is 18.7. The maximum atomic E-state index is 11.5.